The van der Waals surface area contributed by atoms with Gasteiger partial charge in [-0.3, -0.25) is 48.1 Å². The smallest absolute Gasteiger partial charge is 0.326 e. The predicted octanol–water partition coefficient (Wildman–Crippen LogP) is -1.80. The van der Waals surface area contributed by atoms with Gasteiger partial charge in [0.05, 0.1) is 12.4 Å². The summed E-state index contributed by atoms with van der Waals surface area (Å²) in [7, 11) is 0. The van der Waals surface area contributed by atoms with E-state index in [1.165, 1.54) is 53.5 Å². The standard InChI is InChI=1S/C53H85N15O13S/c1-29(2)24-40(51(79)68-22-9-12-41(68)49(77)63-37(52(80)81)10-6-7-20-54)66-46(74)36(19-23-82-5)62-50(78)43(30(3)4)67-48(76)39(26-32-27-58-28-60-32)65-45(73)35(11-8-21-59-53(56)57)61-47(75)38(25-31-13-15-33(69)16-14-31)64-44(72)34(55)17-18-42(70)71/h13-16,27-30,34-41,43,69H,6-12,17-26,54-55H2,1-5H3,(H,58,60)(H,61,75)(H,62,78)(H,63,77)(H,64,72)(H,65,73)(H,66,74)(H,67,76)(H,70,71)(H,80,81)(H4,56,57,59)/t34-,35-,36-,37-,38-,39-,40-,41-,43-/m0/s1. The van der Waals surface area contributed by atoms with Gasteiger partial charge in [0.15, 0.2) is 5.96 Å². The molecule has 2 aromatic rings. The molecular formula is C53H85N15O13S. The van der Waals surface area contributed by atoms with E-state index in [0.717, 1.165) is 0 Å². The number of aromatic nitrogens is 2. The highest BCUT2D eigenvalue weighted by molar-refractivity contribution is 7.98. The number of hydrogen-bond acceptors (Lipinski definition) is 16. The van der Waals surface area contributed by atoms with E-state index in [9.17, 15) is 58.2 Å². The van der Waals surface area contributed by atoms with E-state index in [4.69, 9.17) is 28.0 Å². The van der Waals surface area contributed by atoms with E-state index >= 15 is 0 Å². The molecule has 0 bridgehead atoms. The number of hydrogen-bond donors (Lipinski definition) is 15. The number of nitrogens with one attached hydrogen (secondary N) is 8. The lowest BCUT2D eigenvalue weighted by Gasteiger charge is -2.31. The fourth-order valence-corrected chi connectivity index (χ4v) is 9.42. The van der Waals surface area contributed by atoms with Crippen molar-refractivity contribution < 1.29 is 63.3 Å². The normalized spacial score (nSPS) is 16.0. The zero-order valence-corrected chi connectivity index (χ0v) is 48.1. The Bertz CT molecular complexity index is 2460. The maximum atomic E-state index is 14.5. The minimum atomic E-state index is -1.44. The fraction of sp³-hybridized carbons (Fsp3) is 0.623. The quantitative estimate of drug-likeness (QED) is 0.0202. The third kappa shape index (κ3) is 23.9. The van der Waals surface area contributed by atoms with Gasteiger partial charge in [-0.25, -0.2) is 9.78 Å². The molecule has 29 heteroatoms. The Balaban J connectivity index is 1.91. The van der Waals surface area contributed by atoms with Crippen molar-refractivity contribution in [1.82, 2.24) is 52.1 Å². The first-order valence-electron chi connectivity index (χ1n) is 27.5. The summed E-state index contributed by atoms with van der Waals surface area (Å²) in [5.74, 6) is -9.18. The zero-order chi connectivity index (χ0) is 61.1. The first-order chi connectivity index (χ1) is 38.8. The summed E-state index contributed by atoms with van der Waals surface area (Å²) in [6.07, 6.45) is 5.69. The van der Waals surface area contributed by atoms with Crippen LogP contribution in [-0.2, 0) is 60.8 Å². The van der Waals surface area contributed by atoms with Gasteiger partial charge in [0.2, 0.25) is 47.3 Å². The highest BCUT2D eigenvalue weighted by Gasteiger charge is 2.41. The van der Waals surface area contributed by atoms with Crippen molar-refractivity contribution in [1.29, 1.82) is 0 Å². The second kappa shape index (κ2) is 35.4. The molecule has 3 rings (SSSR count). The van der Waals surface area contributed by atoms with Crippen LogP contribution in [-0.4, -0.2) is 181 Å². The number of aliphatic imine (C=N–C) groups is 1. The van der Waals surface area contributed by atoms with E-state index < -0.39 is 126 Å². The van der Waals surface area contributed by atoms with Crippen LogP contribution in [0.25, 0.3) is 0 Å². The van der Waals surface area contributed by atoms with E-state index in [1.54, 1.807) is 20.1 Å². The Labute approximate surface area is 481 Å². The summed E-state index contributed by atoms with van der Waals surface area (Å²) >= 11 is 1.39. The molecule has 8 amide bonds. The number of thioether (sulfide) groups is 1. The lowest BCUT2D eigenvalue weighted by molar-refractivity contribution is -0.145. The van der Waals surface area contributed by atoms with Crippen LogP contribution >= 0.6 is 11.8 Å². The number of amides is 8. The maximum Gasteiger partial charge on any atom is 0.326 e. The number of phenolic OH excluding ortho intramolecular Hbond substituents is 1. The van der Waals surface area contributed by atoms with E-state index in [1.807, 2.05) is 13.8 Å². The number of carbonyl (C=O) groups excluding carboxylic acids is 8. The summed E-state index contributed by atoms with van der Waals surface area (Å²) in [5, 5.41) is 47.6. The molecule has 19 N–H and O–H groups in total. The van der Waals surface area contributed by atoms with Gasteiger partial charge in [0, 0.05) is 44.2 Å². The van der Waals surface area contributed by atoms with Crippen LogP contribution in [0.2, 0.25) is 0 Å². The van der Waals surface area contributed by atoms with Gasteiger partial charge in [-0.2, -0.15) is 11.8 Å². The average molecular weight is 1170 g/mol. The topological polar surface area (TPSA) is 464 Å². The molecule has 82 heavy (non-hydrogen) atoms. The van der Waals surface area contributed by atoms with Gasteiger partial charge in [-0.15, -0.1) is 0 Å². The summed E-state index contributed by atoms with van der Waals surface area (Å²) < 4.78 is 0. The molecule has 0 aliphatic carbocycles. The summed E-state index contributed by atoms with van der Waals surface area (Å²) in [6, 6.07) is -5.70. The molecule has 0 radical (unpaired) electrons. The number of H-pyrrole nitrogens is 1. The molecule has 2 heterocycles. The number of aromatic hydroxyl groups is 1. The number of carboxylic acid groups (broad SMARTS) is 2. The van der Waals surface area contributed by atoms with Crippen LogP contribution in [0.1, 0.15) is 110 Å². The largest absolute Gasteiger partial charge is 0.508 e. The second-order valence-corrected chi connectivity index (χ2v) is 21.9. The first kappa shape index (κ1) is 68.7. The number of carboxylic acids is 2. The Hall–Kier alpha value is -7.53. The molecule has 0 unspecified atom stereocenters. The molecular weight excluding hydrogens is 1090 g/mol. The van der Waals surface area contributed by atoms with Crippen LogP contribution in [0.4, 0.5) is 0 Å². The van der Waals surface area contributed by atoms with Crippen LogP contribution in [0.3, 0.4) is 0 Å². The number of nitrogens with zero attached hydrogens (tertiary/aromatic N) is 3. The Morgan fingerprint density at radius 3 is 1.90 bits per heavy atom. The number of rotatable bonds is 37. The average Bonchev–Trinajstić information content (AvgIpc) is 4.20. The van der Waals surface area contributed by atoms with Crippen molar-refractivity contribution in [3.63, 3.8) is 0 Å². The molecule has 1 fully saturated rings. The molecule has 1 saturated heterocycles. The van der Waals surface area contributed by atoms with E-state index in [-0.39, 0.29) is 88.5 Å². The van der Waals surface area contributed by atoms with E-state index in [0.29, 0.717) is 42.8 Å². The van der Waals surface area contributed by atoms with Crippen LogP contribution < -0.4 is 60.2 Å². The zero-order valence-electron chi connectivity index (χ0n) is 47.3. The third-order valence-corrected chi connectivity index (χ3v) is 14.1. The van der Waals surface area contributed by atoms with Crippen molar-refractivity contribution >= 4 is 76.9 Å². The van der Waals surface area contributed by atoms with Crippen molar-refractivity contribution in [2.75, 3.05) is 31.6 Å². The Kier molecular flexibility index (Phi) is 29.6. The minimum Gasteiger partial charge on any atom is -0.508 e. The number of unbranched alkanes of at least 4 members (excludes halogenated alkanes) is 1. The summed E-state index contributed by atoms with van der Waals surface area (Å²) in [5.41, 5.74) is 23.5. The number of aromatic amines is 1. The van der Waals surface area contributed by atoms with Crippen LogP contribution in [0.5, 0.6) is 5.75 Å². The molecule has 1 aliphatic rings. The predicted molar refractivity (Wildman–Crippen MR) is 305 cm³/mol. The Morgan fingerprint density at radius 2 is 1.32 bits per heavy atom. The number of imidazole rings is 1. The van der Waals surface area contributed by atoms with Crippen molar-refractivity contribution in [3.05, 3.63) is 48.0 Å². The van der Waals surface area contributed by atoms with Gasteiger partial charge in [0.25, 0.3) is 0 Å². The van der Waals surface area contributed by atoms with Gasteiger partial charge in [-0.1, -0.05) is 39.8 Å². The second-order valence-electron chi connectivity index (χ2n) is 21.0. The van der Waals surface area contributed by atoms with Gasteiger partial charge in [0.1, 0.15) is 54.1 Å². The number of aliphatic carboxylic acids is 2. The third-order valence-electron chi connectivity index (χ3n) is 13.4. The molecule has 9 atom stereocenters. The van der Waals surface area contributed by atoms with Crippen LogP contribution in [0, 0.1) is 11.8 Å². The fourth-order valence-electron chi connectivity index (χ4n) is 8.95. The number of benzene rings is 1. The van der Waals surface area contributed by atoms with Gasteiger partial charge < -0.3 is 85.4 Å². The van der Waals surface area contributed by atoms with Gasteiger partial charge in [-0.05, 0) is 112 Å². The number of likely N-dealkylation sites (tertiary alicyclic amines) is 1. The van der Waals surface area contributed by atoms with Crippen molar-refractivity contribution in [2.24, 2.45) is 39.8 Å². The number of carbonyl (C=O) groups is 10. The lowest BCUT2D eigenvalue weighted by atomic mass is 10.00. The highest BCUT2D eigenvalue weighted by Crippen LogP contribution is 2.22. The molecule has 1 aromatic carbocycles. The highest BCUT2D eigenvalue weighted by atomic mass is 32.2. The first-order valence-corrected chi connectivity index (χ1v) is 28.9. The number of nitrogens with two attached hydrogens (primary N) is 4. The number of phenols is 1. The molecule has 1 aromatic heterocycles. The summed E-state index contributed by atoms with van der Waals surface area (Å²) in [6.45, 7) is 7.56. The van der Waals surface area contributed by atoms with E-state index in [2.05, 4.69) is 52.2 Å². The van der Waals surface area contributed by atoms with Crippen molar-refractivity contribution in [2.45, 2.75) is 166 Å². The monoisotopic (exact) mass is 1170 g/mol. The SMILES string of the molecule is CSCC[C@H](NC(=O)[C@@H](NC(=O)[C@H](Cc1cnc[nH]1)NC(=O)[C@H](CCCN=C(N)N)NC(=O)[C@H](Cc1ccc(O)cc1)NC(=O)[C@@H](N)CCC(=O)O)C(C)C)C(=O)N[C@@H](CC(C)C)C(=O)N1CCC[C@H]1C(=O)N[C@@H](CCCCN)C(=O)O. The molecule has 28 nitrogen and oxygen atoms in total. The molecule has 0 saturated carbocycles. The summed E-state index contributed by atoms with van der Waals surface area (Å²) in [4.78, 5) is 148. The van der Waals surface area contributed by atoms with Gasteiger partial charge >= 0.3 is 11.9 Å². The van der Waals surface area contributed by atoms with Crippen LogP contribution in [0.15, 0.2) is 41.8 Å². The Morgan fingerprint density at radius 1 is 0.732 bits per heavy atom. The van der Waals surface area contributed by atoms with Crippen molar-refractivity contribution in [3.8, 4) is 5.75 Å². The minimum absolute atomic E-state index is 0.0205. The molecule has 456 valence electrons. The molecule has 0 spiro atoms. The maximum absolute atomic E-state index is 14.5. The lowest BCUT2D eigenvalue weighted by Crippen LogP contribution is -2.61. The molecule has 1 aliphatic heterocycles. The number of guanidine groups is 1.